The highest BCUT2D eigenvalue weighted by atomic mass is 16.5. The van der Waals surface area contributed by atoms with Crippen LogP contribution in [0.2, 0.25) is 0 Å². The fourth-order valence-electron chi connectivity index (χ4n) is 3.20. The van der Waals surface area contributed by atoms with Crippen LogP contribution in [0.4, 0.5) is 0 Å². The molecular formula is C15H25NO4. The summed E-state index contributed by atoms with van der Waals surface area (Å²) in [5.41, 5.74) is -0.0251. The maximum atomic E-state index is 11.6. The Morgan fingerprint density at radius 3 is 2.30 bits per heavy atom. The van der Waals surface area contributed by atoms with E-state index < -0.39 is 12.0 Å². The van der Waals surface area contributed by atoms with Gasteiger partial charge in [-0.1, -0.05) is 13.8 Å². The van der Waals surface area contributed by atoms with Crippen molar-refractivity contribution in [2.45, 2.75) is 53.0 Å². The molecule has 3 atom stereocenters. The van der Waals surface area contributed by atoms with Crippen molar-refractivity contribution >= 4 is 17.7 Å². The molecule has 1 N–H and O–H groups in total. The molecule has 1 aliphatic carbocycles. The van der Waals surface area contributed by atoms with Crippen LogP contribution in [0.5, 0.6) is 0 Å². The van der Waals surface area contributed by atoms with Gasteiger partial charge in [-0.05, 0) is 37.5 Å². The molecule has 0 heterocycles. The number of methoxy groups -OCH3 is 1. The lowest BCUT2D eigenvalue weighted by atomic mass is 9.52. The quantitative estimate of drug-likeness (QED) is 0.753. The van der Waals surface area contributed by atoms with Gasteiger partial charge in [0.15, 0.2) is 0 Å². The topological polar surface area (TPSA) is 72.5 Å². The Kier molecular flexibility index (Phi) is 5.31. The van der Waals surface area contributed by atoms with Crippen molar-refractivity contribution < 1.29 is 19.1 Å². The summed E-state index contributed by atoms with van der Waals surface area (Å²) in [6, 6.07) is -0.593. The van der Waals surface area contributed by atoms with Crippen LogP contribution in [-0.2, 0) is 19.1 Å². The number of Topliss-reactive ketones (excluding diaryl/α,β-unsaturated/α-hetero) is 1. The van der Waals surface area contributed by atoms with Gasteiger partial charge in [0.2, 0.25) is 5.91 Å². The second-order valence-corrected chi connectivity index (χ2v) is 6.27. The van der Waals surface area contributed by atoms with Crippen molar-refractivity contribution in [3.05, 3.63) is 0 Å². The van der Waals surface area contributed by atoms with Gasteiger partial charge in [0.05, 0.1) is 7.11 Å². The van der Waals surface area contributed by atoms with E-state index >= 15 is 0 Å². The third-order valence-corrected chi connectivity index (χ3v) is 4.63. The molecule has 1 saturated carbocycles. The summed E-state index contributed by atoms with van der Waals surface area (Å²) in [4.78, 5) is 34.2. The van der Waals surface area contributed by atoms with Crippen LogP contribution >= 0.6 is 0 Å². The van der Waals surface area contributed by atoms with E-state index in [1.165, 1.54) is 14.0 Å². The summed E-state index contributed by atoms with van der Waals surface area (Å²) in [5.74, 6) is 0.0927. The monoisotopic (exact) mass is 283 g/mol. The molecule has 0 aromatic heterocycles. The molecular weight excluding hydrogens is 258 g/mol. The molecule has 1 fully saturated rings. The molecule has 114 valence electrons. The van der Waals surface area contributed by atoms with E-state index in [2.05, 4.69) is 19.2 Å². The Bertz CT molecular complexity index is 403. The second-order valence-electron chi connectivity index (χ2n) is 6.27. The lowest BCUT2D eigenvalue weighted by molar-refractivity contribution is -0.146. The number of rotatable bonds is 6. The maximum absolute atomic E-state index is 11.6. The first-order chi connectivity index (χ1) is 9.20. The van der Waals surface area contributed by atoms with E-state index in [1.807, 2.05) is 0 Å². The van der Waals surface area contributed by atoms with Crippen LogP contribution < -0.4 is 5.32 Å². The minimum atomic E-state index is -0.593. The molecule has 5 heteroatoms. The predicted molar refractivity (Wildman–Crippen MR) is 74.9 cm³/mol. The minimum absolute atomic E-state index is 0.0251. The Balaban J connectivity index is 2.55. The standard InChI is InChI=1S/C15H25NO4/c1-9(17)12-8-11(15(12,3)4)6-7-13(14(19)20-5)16-10(2)18/h11-13H,6-8H2,1-5H3,(H,16,18)/t11-,12-,13-/m1/s1. The predicted octanol–water partition coefficient (Wildman–Crippen LogP) is 1.70. The fraction of sp³-hybridized carbons (Fsp3) is 0.800. The first-order valence-electron chi connectivity index (χ1n) is 7.05. The summed E-state index contributed by atoms with van der Waals surface area (Å²) < 4.78 is 4.70. The molecule has 0 spiro atoms. The molecule has 0 aromatic rings. The van der Waals surface area contributed by atoms with Gasteiger partial charge in [-0.3, -0.25) is 9.59 Å². The van der Waals surface area contributed by atoms with Gasteiger partial charge in [-0.2, -0.15) is 0 Å². The number of hydrogen-bond acceptors (Lipinski definition) is 4. The van der Waals surface area contributed by atoms with Crippen LogP contribution in [0.15, 0.2) is 0 Å². The van der Waals surface area contributed by atoms with Crippen LogP contribution in [0.1, 0.15) is 47.0 Å². The van der Waals surface area contributed by atoms with Gasteiger partial charge in [0, 0.05) is 12.8 Å². The normalized spacial score (nSPS) is 25.2. The summed E-state index contributed by atoms with van der Waals surface area (Å²) >= 11 is 0. The molecule has 0 aromatic carbocycles. The number of carbonyl (C=O) groups is 3. The molecule has 1 rings (SSSR count). The summed E-state index contributed by atoms with van der Waals surface area (Å²) in [5, 5.41) is 2.62. The summed E-state index contributed by atoms with van der Waals surface area (Å²) in [6.45, 7) is 7.21. The Morgan fingerprint density at radius 1 is 1.30 bits per heavy atom. The zero-order chi connectivity index (χ0) is 15.5. The Labute approximate surface area is 120 Å². The Morgan fingerprint density at radius 2 is 1.90 bits per heavy atom. The first-order valence-corrected chi connectivity index (χ1v) is 7.05. The molecule has 0 radical (unpaired) electrons. The zero-order valence-corrected chi connectivity index (χ0v) is 13.0. The van der Waals surface area contributed by atoms with E-state index in [4.69, 9.17) is 4.74 Å². The smallest absolute Gasteiger partial charge is 0.328 e. The molecule has 0 saturated heterocycles. The van der Waals surface area contributed by atoms with Gasteiger partial charge in [0.25, 0.3) is 0 Å². The van der Waals surface area contributed by atoms with E-state index in [1.54, 1.807) is 6.92 Å². The van der Waals surface area contributed by atoms with Gasteiger partial charge in [0.1, 0.15) is 11.8 Å². The van der Waals surface area contributed by atoms with Gasteiger partial charge in [-0.25, -0.2) is 4.79 Å². The van der Waals surface area contributed by atoms with Crippen molar-refractivity contribution in [1.82, 2.24) is 5.32 Å². The molecule has 0 unspecified atom stereocenters. The van der Waals surface area contributed by atoms with Crippen molar-refractivity contribution in [3.63, 3.8) is 0 Å². The number of amides is 1. The number of carbonyl (C=O) groups excluding carboxylic acids is 3. The maximum Gasteiger partial charge on any atom is 0.328 e. The van der Waals surface area contributed by atoms with Crippen molar-refractivity contribution in [2.24, 2.45) is 17.3 Å². The number of nitrogens with one attached hydrogen (secondary N) is 1. The first kappa shape index (κ1) is 16.7. The molecule has 0 aliphatic heterocycles. The van der Waals surface area contributed by atoms with Crippen molar-refractivity contribution in [1.29, 1.82) is 0 Å². The van der Waals surface area contributed by atoms with Gasteiger partial charge >= 0.3 is 5.97 Å². The second kappa shape index (κ2) is 6.37. The van der Waals surface area contributed by atoms with Gasteiger partial charge < -0.3 is 10.1 Å². The number of esters is 1. The summed E-state index contributed by atoms with van der Waals surface area (Å²) in [6.07, 6.45) is 2.22. The van der Waals surface area contributed by atoms with Gasteiger partial charge in [-0.15, -0.1) is 0 Å². The van der Waals surface area contributed by atoms with E-state index in [-0.39, 0.29) is 23.0 Å². The third kappa shape index (κ3) is 3.58. The number of hydrogen-bond donors (Lipinski definition) is 1. The van der Waals surface area contributed by atoms with E-state index in [0.29, 0.717) is 12.3 Å². The average Bonchev–Trinajstić information content (AvgIpc) is 2.34. The Hall–Kier alpha value is -1.39. The number of ketones is 1. The van der Waals surface area contributed by atoms with Crippen LogP contribution in [-0.4, -0.2) is 30.8 Å². The molecule has 20 heavy (non-hydrogen) atoms. The molecule has 1 aliphatic rings. The van der Waals surface area contributed by atoms with Crippen LogP contribution in [0, 0.1) is 17.3 Å². The van der Waals surface area contributed by atoms with Crippen molar-refractivity contribution in [2.75, 3.05) is 7.11 Å². The van der Waals surface area contributed by atoms with Crippen LogP contribution in [0.3, 0.4) is 0 Å². The highest BCUT2D eigenvalue weighted by Crippen LogP contribution is 2.53. The SMILES string of the molecule is COC(=O)[C@@H](CC[C@@H]1C[C@H](C(C)=O)C1(C)C)NC(C)=O. The van der Waals surface area contributed by atoms with E-state index in [0.717, 1.165) is 12.8 Å². The molecule has 1 amide bonds. The minimum Gasteiger partial charge on any atom is -0.467 e. The van der Waals surface area contributed by atoms with Crippen LogP contribution in [0.25, 0.3) is 0 Å². The summed E-state index contributed by atoms with van der Waals surface area (Å²) in [7, 11) is 1.32. The van der Waals surface area contributed by atoms with E-state index in [9.17, 15) is 14.4 Å². The molecule has 5 nitrogen and oxygen atoms in total. The lowest BCUT2D eigenvalue weighted by Gasteiger charge is -2.51. The third-order valence-electron chi connectivity index (χ3n) is 4.63. The fourth-order valence-corrected chi connectivity index (χ4v) is 3.20. The highest BCUT2D eigenvalue weighted by molar-refractivity contribution is 5.83. The molecule has 0 bridgehead atoms. The average molecular weight is 283 g/mol. The zero-order valence-electron chi connectivity index (χ0n) is 13.0. The van der Waals surface area contributed by atoms with Crippen molar-refractivity contribution in [3.8, 4) is 0 Å². The highest BCUT2D eigenvalue weighted by Gasteiger charge is 2.49. The number of ether oxygens (including phenoxy) is 1. The largest absolute Gasteiger partial charge is 0.467 e. The lowest BCUT2D eigenvalue weighted by Crippen LogP contribution is -2.49.